The summed E-state index contributed by atoms with van der Waals surface area (Å²) in [5.41, 5.74) is 0. The highest BCUT2D eigenvalue weighted by atomic mass is 16.2. The molecule has 2 heterocycles. The van der Waals surface area contributed by atoms with Gasteiger partial charge in [-0.15, -0.1) is 0 Å². The predicted molar refractivity (Wildman–Crippen MR) is 78.6 cm³/mol. The van der Waals surface area contributed by atoms with Gasteiger partial charge in [-0.1, -0.05) is 0 Å². The maximum atomic E-state index is 12.2. The van der Waals surface area contributed by atoms with Gasteiger partial charge in [0.1, 0.15) is 6.04 Å². The minimum atomic E-state index is -0.408. The molecule has 0 saturated carbocycles. The first kappa shape index (κ1) is 15.5. The molecule has 1 aliphatic rings. The minimum Gasteiger partial charge on any atom is -0.351 e. The third kappa shape index (κ3) is 4.29. The molecule has 0 radical (unpaired) electrons. The fourth-order valence-electron chi connectivity index (χ4n) is 2.48. The third-order valence-corrected chi connectivity index (χ3v) is 3.70. The second kappa shape index (κ2) is 7.21. The highest BCUT2D eigenvalue weighted by Gasteiger charge is 2.22. The Balaban J connectivity index is 1.81. The number of likely N-dealkylation sites (N-methyl/N-ethyl adjacent to an activating group) is 1. The lowest BCUT2D eigenvalue weighted by atomic mass is 10.1. The number of rotatable bonds is 5. The summed E-state index contributed by atoms with van der Waals surface area (Å²) in [7, 11) is 1.64. The number of aromatic nitrogens is 2. The lowest BCUT2D eigenvalue weighted by Gasteiger charge is -2.26. The van der Waals surface area contributed by atoms with Gasteiger partial charge in [-0.05, 0) is 32.4 Å². The molecule has 0 bridgehead atoms. The summed E-state index contributed by atoms with van der Waals surface area (Å²) in [5.74, 6) is -0.247. The van der Waals surface area contributed by atoms with Gasteiger partial charge in [0.25, 0.3) is 0 Å². The van der Waals surface area contributed by atoms with E-state index in [1.165, 1.54) is 4.90 Å². The van der Waals surface area contributed by atoms with E-state index in [0.29, 0.717) is 0 Å². The highest BCUT2D eigenvalue weighted by molar-refractivity contribution is 5.86. The van der Waals surface area contributed by atoms with Gasteiger partial charge in [0, 0.05) is 32.0 Å². The Labute approximate surface area is 124 Å². The van der Waals surface area contributed by atoms with Crippen LogP contribution in [0, 0.1) is 0 Å². The number of piperidine rings is 1. The van der Waals surface area contributed by atoms with Crippen molar-refractivity contribution >= 4 is 11.8 Å². The standard InChI is InChI=1S/C14H23N5O2/c1-11(19-8-4-7-16-19)14(21)18(2)10-13(20)17-12-5-3-6-15-9-12/h4,7-8,11-12,15H,3,5-6,9-10H2,1-2H3,(H,17,20)/t11?,12-/m0/s1. The van der Waals surface area contributed by atoms with Crippen LogP contribution in [0.3, 0.4) is 0 Å². The zero-order valence-electron chi connectivity index (χ0n) is 12.6. The molecule has 7 nitrogen and oxygen atoms in total. The number of nitrogens with zero attached hydrogens (tertiary/aromatic N) is 3. The van der Waals surface area contributed by atoms with E-state index in [9.17, 15) is 9.59 Å². The number of hydrogen-bond acceptors (Lipinski definition) is 4. The average Bonchev–Trinajstić information content (AvgIpc) is 3.00. The largest absolute Gasteiger partial charge is 0.351 e. The van der Waals surface area contributed by atoms with E-state index in [0.717, 1.165) is 25.9 Å². The molecule has 2 atom stereocenters. The van der Waals surface area contributed by atoms with Gasteiger partial charge >= 0.3 is 0 Å². The Hall–Kier alpha value is -1.89. The van der Waals surface area contributed by atoms with Crippen molar-refractivity contribution in [1.29, 1.82) is 0 Å². The van der Waals surface area contributed by atoms with E-state index in [1.54, 1.807) is 37.1 Å². The lowest BCUT2D eigenvalue weighted by Crippen LogP contribution is -2.49. The Morgan fingerprint density at radius 2 is 2.38 bits per heavy atom. The highest BCUT2D eigenvalue weighted by Crippen LogP contribution is 2.07. The Bertz CT molecular complexity index is 468. The molecule has 0 aliphatic carbocycles. The van der Waals surface area contributed by atoms with Crippen LogP contribution in [0.2, 0.25) is 0 Å². The van der Waals surface area contributed by atoms with Crippen LogP contribution in [0.15, 0.2) is 18.5 Å². The van der Waals surface area contributed by atoms with Crippen molar-refractivity contribution in [1.82, 2.24) is 25.3 Å². The summed E-state index contributed by atoms with van der Waals surface area (Å²) in [5, 5.41) is 10.3. The molecule has 1 aromatic heterocycles. The average molecular weight is 293 g/mol. The van der Waals surface area contributed by atoms with E-state index in [1.807, 2.05) is 0 Å². The van der Waals surface area contributed by atoms with Crippen LogP contribution in [-0.2, 0) is 9.59 Å². The number of carbonyl (C=O) groups excluding carboxylic acids is 2. The summed E-state index contributed by atoms with van der Waals surface area (Å²) >= 11 is 0. The Kier molecular flexibility index (Phi) is 5.32. The Morgan fingerprint density at radius 1 is 1.57 bits per heavy atom. The maximum Gasteiger partial charge on any atom is 0.247 e. The van der Waals surface area contributed by atoms with Gasteiger partial charge in [0.2, 0.25) is 11.8 Å². The fourth-order valence-corrected chi connectivity index (χ4v) is 2.48. The van der Waals surface area contributed by atoms with Gasteiger partial charge in [-0.2, -0.15) is 5.10 Å². The normalized spacial score (nSPS) is 19.8. The van der Waals surface area contributed by atoms with Gasteiger partial charge in [0.05, 0.1) is 6.54 Å². The van der Waals surface area contributed by atoms with Crippen molar-refractivity contribution in [3.63, 3.8) is 0 Å². The quantitative estimate of drug-likeness (QED) is 0.786. The molecule has 0 spiro atoms. The molecule has 1 aliphatic heterocycles. The second-order valence-electron chi connectivity index (χ2n) is 5.47. The molecular weight excluding hydrogens is 270 g/mol. The van der Waals surface area contributed by atoms with Crippen molar-refractivity contribution in [3.8, 4) is 0 Å². The summed E-state index contributed by atoms with van der Waals surface area (Å²) < 4.78 is 1.59. The molecule has 2 rings (SSSR count). The van der Waals surface area contributed by atoms with E-state index in [2.05, 4.69) is 15.7 Å². The molecule has 7 heteroatoms. The smallest absolute Gasteiger partial charge is 0.247 e. The fraction of sp³-hybridized carbons (Fsp3) is 0.643. The van der Waals surface area contributed by atoms with E-state index >= 15 is 0 Å². The zero-order valence-corrected chi connectivity index (χ0v) is 12.6. The number of carbonyl (C=O) groups is 2. The predicted octanol–water partition coefficient (Wildman–Crippen LogP) is -0.229. The van der Waals surface area contributed by atoms with Crippen molar-refractivity contribution in [2.45, 2.75) is 31.8 Å². The van der Waals surface area contributed by atoms with Crippen molar-refractivity contribution < 1.29 is 9.59 Å². The molecular formula is C14H23N5O2. The molecule has 1 aromatic rings. The van der Waals surface area contributed by atoms with Crippen LogP contribution >= 0.6 is 0 Å². The SMILES string of the molecule is CC(C(=O)N(C)CC(=O)N[C@H]1CCCNC1)n1cccn1. The first-order valence-corrected chi connectivity index (χ1v) is 7.32. The van der Waals surface area contributed by atoms with E-state index in [-0.39, 0.29) is 24.4 Å². The van der Waals surface area contributed by atoms with Crippen LogP contribution in [0.5, 0.6) is 0 Å². The lowest BCUT2D eigenvalue weighted by molar-refractivity contribution is -0.137. The molecule has 0 aromatic carbocycles. The second-order valence-corrected chi connectivity index (χ2v) is 5.47. The Morgan fingerprint density at radius 3 is 3.00 bits per heavy atom. The van der Waals surface area contributed by atoms with Crippen molar-refractivity contribution in [3.05, 3.63) is 18.5 Å². The molecule has 2 N–H and O–H groups in total. The summed E-state index contributed by atoms with van der Waals surface area (Å²) in [6.07, 6.45) is 5.42. The molecule has 1 fully saturated rings. The summed E-state index contributed by atoms with van der Waals surface area (Å²) in [6, 6.07) is 1.53. The van der Waals surface area contributed by atoms with Crippen molar-refractivity contribution in [2.24, 2.45) is 0 Å². The zero-order chi connectivity index (χ0) is 15.2. The number of hydrogen-bond donors (Lipinski definition) is 2. The van der Waals surface area contributed by atoms with E-state index < -0.39 is 6.04 Å². The molecule has 2 amide bonds. The molecule has 21 heavy (non-hydrogen) atoms. The first-order chi connectivity index (χ1) is 10.1. The monoisotopic (exact) mass is 293 g/mol. The van der Waals surface area contributed by atoms with Crippen LogP contribution in [0.25, 0.3) is 0 Å². The van der Waals surface area contributed by atoms with Gasteiger partial charge in [-0.3, -0.25) is 14.3 Å². The summed E-state index contributed by atoms with van der Waals surface area (Å²) in [6.45, 7) is 3.65. The van der Waals surface area contributed by atoms with E-state index in [4.69, 9.17) is 0 Å². The maximum absolute atomic E-state index is 12.2. The number of amides is 2. The van der Waals surface area contributed by atoms with Gasteiger partial charge in [0.15, 0.2) is 0 Å². The molecule has 1 saturated heterocycles. The van der Waals surface area contributed by atoms with Crippen LogP contribution in [0.4, 0.5) is 0 Å². The third-order valence-electron chi connectivity index (χ3n) is 3.70. The minimum absolute atomic E-state index is 0.0704. The van der Waals surface area contributed by atoms with Crippen LogP contribution < -0.4 is 10.6 Å². The first-order valence-electron chi connectivity index (χ1n) is 7.32. The van der Waals surface area contributed by atoms with Crippen molar-refractivity contribution in [2.75, 3.05) is 26.7 Å². The van der Waals surface area contributed by atoms with Crippen LogP contribution in [0.1, 0.15) is 25.8 Å². The van der Waals surface area contributed by atoms with Crippen LogP contribution in [-0.4, -0.2) is 59.2 Å². The number of nitrogens with one attached hydrogen (secondary N) is 2. The van der Waals surface area contributed by atoms with Gasteiger partial charge in [-0.25, -0.2) is 0 Å². The topological polar surface area (TPSA) is 79.3 Å². The molecule has 1 unspecified atom stereocenters. The summed E-state index contributed by atoms with van der Waals surface area (Å²) in [4.78, 5) is 25.7. The van der Waals surface area contributed by atoms with Gasteiger partial charge < -0.3 is 15.5 Å². The molecule has 116 valence electrons.